The Morgan fingerprint density at radius 3 is 2.65 bits per heavy atom. The number of rotatable bonds is 2. The molecule has 1 heterocycles. The zero-order valence-electron chi connectivity index (χ0n) is 10.6. The molecule has 2 fully saturated rings. The molecule has 17 heavy (non-hydrogen) atoms. The maximum absolute atomic E-state index is 6.17. The minimum atomic E-state index is 0.461. The fraction of sp³-hybridized carbons (Fsp3) is 0.600. The molecular formula is C15H22N2. The lowest BCUT2D eigenvalue weighted by molar-refractivity contribution is 0.298. The van der Waals surface area contributed by atoms with Crippen LogP contribution in [0.2, 0.25) is 0 Å². The van der Waals surface area contributed by atoms with Gasteiger partial charge in [-0.1, -0.05) is 29.8 Å². The van der Waals surface area contributed by atoms with E-state index in [1.54, 1.807) is 0 Å². The molecule has 0 bridgehead atoms. The van der Waals surface area contributed by atoms with Gasteiger partial charge < -0.3 is 5.73 Å². The summed E-state index contributed by atoms with van der Waals surface area (Å²) in [4.78, 5) is 2.58. The minimum absolute atomic E-state index is 0.461. The molecule has 2 N–H and O–H groups in total. The van der Waals surface area contributed by atoms with Gasteiger partial charge in [-0.2, -0.15) is 0 Å². The topological polar surface area (TPSA) is 29.3 Å². The van der Waals surface area contributed by atoms with Crippen molar-refractivity contribution in [3.05, 3.63) is 35.4 Å². The summed E-state index contributed by atoms with van der Waals surface area (Å²) in [5.74, 6) is 1.64. The fourth-order valence-electron chi connectivity index (χ4n) is 3.48. The van der Waals surface area contributed by atoms with Crippen molar-refractivity contribution in [3.63, 3.8) is 0 Å². The highest BCUT2D eigenvalue weighted by Gasteiger charge is 2.40. The van der Waals surface area contributed by atoms with Crippen molar-refractivity contribution in [2.45, 2.75) is 32.4 Å². The van der Waals surface area contributed by atoms with Gasteiger partial charge in [-0.05, 0) is 37.2 Å². The summed E-state index contributed by atoms with van der Waals surface area (Å²) in [6.07, 6.45) is 2.59. The van der Waals surface area contributed by atoms with Crippen LogP contribution < -0.4 is 5.73 Å². The van der Waals surface area contributed by atoms with Gasteiger partial charge >= 0.3 is 0 Å². The standard InChI is InChI=1S/C15H22N2/c1-11-2-4-12(5-3-11)8-17-9-13-6-7-15(16)14(13)10-17/h2-5,13-15H,6-10,16H2,1H3. The maximum Gasteiger partial charge on any atom is 0.0233 e. The summed E-state index contributed by atoms with van der Waals surface area (Å²) in [5, 5.41) is 0. The summed E-state index contributed by atoms with van der Waals surface area (Å²) in [7, 11) is 0. The molecule has 2 nitrogen and oxygen atoms in total. The van der Waals surface area contributed by atoms with Crippen molar-refractivity contribution in [2.24, 2.45) is 17.6 Å². The van der Waals surface area contributed by atoms with Crippen molar-refractivity contribution < 1.29 is 0 Å². The maximum atomic E-state index is 6.17. The van der Waals surface area contributed by atoms with Crippen molar-refractivity contribution in [1.29, 1.82) is 0 Å². The number of benzene rings is 1. The van der Waals surface area contributed by atoms with E-state index in [1.807, 2.05) is 0 Å². The van der Waals surface area contributed by atoms with Crippen LogP contribution in [-0.2, 0) is 6.54 Å². The van der Waals surface area contributed by atoms with Gasteiger partial charge in [-0.15, -0.1) is 0 Å². The lowest BCUT2D eigenvalue weighted by Crippen LogP contribution is -2.30. The molecule has 1 aromatic carbocycles. The van der Waals surface area contributed by atoms with E-state index in [1.165, 1.54) is 37.1 Å². The molecule has 0 radical (unpaired) electrons. The summed E-state index contributed by atoms with van der Waals surface area (Å²) in [6, 6.07) is 9.38. The first-order valence-corrected chi connectivity index (χ1v) is 6.76. The highest BCUT2D eigenvalue weighted by atomic mass is 15.2. The van der Waals surface area contributed by atoms with Crippen molar-refractivity contribution in [1.82, 2.24) is 4.90 Å². The van der Waals surface area contributed by atoms with E-state index in [0.29, 0.717) is 6.04 Å². The van der Waals surface area contributed by atoms with Crippen LogP contribution in [0.4, 0.5) is 0 Å². The van der Waals surface area contributed by atoms with E-state index in [9.17, 15) is 0 Å². The van der Waals surface area contributed by atoms with E-state index in [2.05, 4.69) is 36.1 Å². The van der Waals surface area contributed by atoms with E-state index in [0.717, 1.165) is 18.4 Å². The van der Waals surface area contributed by atoms with Gasteiger partial charge in [0.1, 0.15) is 0 Å². The Hall–Kier alpha value is -0.860. The van der Waals surface area contributed by atoms with Crippen molar-refractivity contribution in [2.75, 3.05) is 13.1 Å². The van der Waals surface area contributed by atoms with Crippen LogP contribution in [0.3, 0.4) is 0 Å². The zero-order chi connectivity index (χ0) is 11.8. The van der Waals surface area contributed by atoms with E-state index in [4.69, 9.17) is 5.73 Å². The molecule has 92 valence electrons. The molecule has 1 saturated heterocycles. The van der Waals surface area contributed by atoms with Crippen LogP contribution in [0, 0.1) is 18.8 Å². The number of aryl methyl sites for hydroxylation is 1. The molecule has 3 rings (SSSR count). The molecule has 1 aromatic rings. The van der Waals surface area contributed by atoms with Gasteiger partial charge in [-0.3, -0.25) is 4.90 Å². The Kier molecular flexibility index (Phi) is 2.93. The van der Waals surface area contributed by atoms with Gasteiger partial charge in [0, 0.05) is 25.7 Å². The second-order valence-electron chi connectivity index (χ2n) is 5.84. The zero-order valence-corrected chi connectivity index (χ0v) is 10.6. The second kappa shape index (κ2) is 4.43. The number of hydrogen-bond acceptors (Lipinski definition) is 2. The Balaban J connectivity index is 1.62. The number of likely N-dealkylation sites (tertiary alicyclic amines) is 1. The number of fused-ring (bicyclic) bond motifs is 1. The first kappa shape index (κ1) is 11.2. The molecule has 0 aromatic heterocycles. The average molecular weight is 230 g/mol. The van der Waals surface area contributed by atoms with Crippen LogP contribution in [0.5, 0.6) is 0 Å². The van der Waals surface area contributed by atoms with Crippen LogP contribution in [-0.4, -0.2) is 24.0 Å². The Morgan fingerprint density at radius 2 is 1.94 bits per heavy atom. The fourth-order valence-corrected chi connectivity index (χ4v) is 3.48. The third kappa shape index (κ3) is 2.24. The molecule has 0 amide bonds. The highest BCUT2D eigenvalue weighted by molar-refractivity contribution is 5.21. The number of hydrogen-bond donors (Lipinski definition) is 1. The normalized spacial score (nSPS) is 32.9. The lowest BCUT2D eigenvalue weighted by atomic mass is 9.98. The molecule has 2 heteroatoms. The van der Waals surface area contributed by atoms with Gasteiger partial charge in [0.25, 0.3) is 0 Å². The smallest absolute Gasteiger partial charge is 0.0233 e. The van der Waals surface area contributed by atoms with Crippen molar-refractivity contribution in [3.8, 4) is 0 Å². The molecule has 1 aliphatic heterocycles. The lowest BCUT2D eigenvalue weighted by Gasteiger charge is -2.18. The largest absolute Gasteiger partial charge is 0.327 e. The van der Waals surface area contributed by atoms with Gasteiger partial charge in [0.2, 0.25) is 0 Å². The first-order chi connectivity index (χ1) is 8.22. The van der Waals surface area contributed by atoms with Crippen LogP contribution in [0.15, 0.2) is 24.3 Å². The molecule has 0 spiro atoms. The summed E-state index contributed by atoms with van der Waals surface area (Å²) in [5.41, 5.74) is 8.94. The molecule has 3 atom stereocenters. The van der Waals surface area contributed by atoms with Gasteiger partial charge in [-0.25, -0.2) is 0 Å². The van der Waals surface area contributed by atoms with Crippen LogP contribution in [0.1, 0.15) is 24.0 Å². The SMILES string of the molecule is Cc1ccc(CN2CC3CCC(N)C3C2)cc1. The molecule has 2 aliphatic rings. The Labute approximate surface area is 104 Å². The molecular weight excluding hydrogens is 208 g/mol. The monoisotopic (exact) mass is 230 g/mol. The predicted molar refractivity (Wildman–Crippen MR) is 70.6 cm³/mol. The summed E-state index contributed by atoms with van der Waals surface area (Å²) < 4.78 is 0. The Morgan fingerprint density at radius 1 is 1.18 bits per heavy atom. The van der Waals surface area contributed by atoms with Crippen LogP contribution >= 0.6 is 0 Å². The predicted octanol–water partition coefficient (Wildman–Crippen LogP) is 2.16. The molecule has 1 saturated carbocycles. The minimum Gasteiger partial charge on any atom is -0.327 e. The Bertz CT molecular complexity index is 384. The highest BCUT2D eigenvalue weighted by Crippen LogP contribution is 2.37. The number of nitrogens with two attached hydrogens (primary N) is 1. The quantitative estimate of drug-likeness (QED) is 0.843. The number of nitrogens with zero attached hydrogens (tertiary/aromatic N) is 1. The average Bonchev–Trinajstić information content (AvgIpc) is 2.85. The molecule has 1 aliphatic carbocycles. The third-order valence-corrected chi connectivity index (χ3v) is 4.51. The first-order valence-electron chi connectivity index (χ1n) is 6.76. The summed E-state index contributed by atoms with van der Waals surface area (Å²) in [6.45, 7) is 5.70. The van der Waals surface area contributed by atoms with Gasteiger partial charge in [0.15, 0.2) is 0 Å². The third-order valence-electron chi connectivity index (χ3n) is 4.51. The second-order valence-corrected chi connectivity index (χ2v) is 5.84. The van der Waals surface area contributed by atoms with Crippen molar-refractivity contribution >= 4 is 0 Å². The summed E-state index contributed by atoms with van der Waals surface area (Å²) >= 11 is 0. The van der Waals surface area contributed by atoms with E-state index >= 15 is 0 Å². The molecule has 3 unspecified atom stereocenters. The van der Waals surface area contributed by atoms with Gasteiger partial charge in [0.05, 0.1) is 0 Å². The van der Waals surface area contributed by atoms with Crippen LogP contribution in [0.25, 0.3) is 0 Å². The van der Waals surface area contributed by atoms with E-state index in [-0.39, 0.29) is 0 Å². The van der Waals surface area contributed by atoms with E-state index < -0.39 is 0 Å².